The lowest BCUT2D eigenvalue weighted by Gasteiger charge is -2.29. The Morgan fingerprint density at radius 3 is 2.03 bits per heavy atom. The third kappa shape index (κ3) is 13.7. The van der Waals surface area contributed by atoms with Gasteiger partial charge in [-0.1, -0.05) is 31.9 Å². The van der Waals surface area contributed by atoms with Crippen molar-refractivity contribution in [3.63, 3.8) is 0 Å². The smallest absolute Gasteiger partial charge is 0.472 e. The number of para-hydroxylation sites is 2. The molecule has 0 radical (unpaired) electrons. The van der Waals surface area contributed by atoms with Gasteiger partial charge in [-0.15, -0.1) is 0 Å². The van der Waals surface area contributed by atoms with E-state index in [1.807, 2.05) is 45.4 Å². The number of phosphoric ester groups is 1. The van der Waals surface area contributed by atoms with Gasteiger partial charge < -0.3 is 24.0 Å². The van der Waals surface area contributed by atoms with Crippen molar-refractivity contribution in [2.45, 2.75) is 51.6 Å². The maximum atomic E-state index is 12.2. The molecule has 2 atom stereocenters. The summed E-state index contributed by atoms with van der Waals surface area (Å²) in [5, 5.41) is 9.01. The molecule has 184 valence electrons. The van der Waals surface area contributed by atoms with Gasteiger partial charge in [0.25, 0.3) is 0 Å². The fourth-order valence-corrected chi connectivity index (χ4v) is 3.89. The van der Waals surface area contributed by atoms with Crippen molar-refractivity contribution in [1.82, 2.24) is 0 Å². The Balaban J connectivity index is 2.37. The first-order chi connectivity index (χ1) is 15.0. The van der Waals surface area contributed by atoms with Crippen LogP contribution in [0.25, 0.3) is 0 Å². The first kappa shape index (κ1) is 28.4. The summed E-state index contributed by atoms with van der Waals surface area (Å²) in [6, 6.07) is 7.48. The standard InChI is InChI=1S/C22H38NO8P/c1-5-6-9-14-28-20-12-7-8-13-21(20)29-15-10-11-16-30-32(26,27)31-19(17-22(24)25)18-23(2,3)4/h7-8,12-13,19H,5-6,9-11,14-18H2,1-4H3,(H-,24,25,26,27)/p+1. The highest BCUT2D eigenvalue weighted by Crippen LogP contribution is 2.45. The molecule has 0 heterocycles. The van der Waals surface area contributed by atoms with E-state index in [0.717, 1.165) is 19.3 Å². The van der Waals surface area contributed by atoms with E-state index >= 15 is 0 Å². The van der Waals surface area contributed by atoms with Crippen LogP contribution in [0.4, 0.5) is 0 Å². The van der Waals surface area contributed by atoms with Gasteiger partial charge in [0, 0.05) is 0 Å². The van der Waals surface area contributed by atoms with Crippen molar-refractivity contribution in [2.24, 2.45) is 0 Å². The van der Waals surface area contributed by atoms with Gasteiger partial charge in [-0.05, 0) is 31.4 Å². The summed E-state index contributed by atoms with van der Waals surface area (Å²) in [7, 11) is 1.17. The van der Waals surface area contributed by atoms with Crippen molar-refractivity contribution in [3.05, 3.63) is 24.3 Å². The Kier molecular flexibility index (Phi) is 12.9. The Morgan fingerprint density at radius 1 is 1.00 bits per heavy atom. The average molecular weight is 477 g/mol. The van der Waals surface area contributed by atoms with Crippen LogP contribution in [0.1, 0.15) is 45.4 Å². The molecule has 2 N–H and O–H groups in total. The Bertz CT molecular complexity index is 722. The third-order valence-corrected chi connectivity index (χ3v) is 5.41. The molecule has 9 nitrogen and oxygen atoms in total. The summed E-state index contributed by atoms with van der Waals surface area (Å²) in [6.45, 7) is 3.44. The van der Waals surface area contributed by atoms with Crippen LogP contribution in [0.3, 0.4) is 0 Å². The molecule has 0 aliphatic heterocycles. The van der Waals surface area contributed by atoms with E-state index in [0.29, 0.717) is 42.0 Å². The summed E-state index contributed by atoms with van der Waals surface area (Å²) < 4.78 is 34.3. The number of ether oxygens (including phenoxy) is 2. The van der Waals surface area contributed by atoms with Crippen molar-refractivity contribution in [3.8, 4) is 11.5 Å². The molecule has 0 spiro atoms. The quantitative estimate of drug-likeness (QED) is 0.185. The maximum Gasteiger partial charge on any atom is 0.472 e. The van der Waals surface area contributed by atoms with Crippen LogP contribution in [0.15, 0.2) is 24.3 Å². The van der Waals surface area contributed by atoms with E-state index in [4.69, 9.17) is 23.6 Å². The zero-order chi connectivity index (χ0) is 24.0. The van der Waals surface area contributed by atoms with Gasteiger partial charge in [-0.2, -0.15) is 0 Å². The number of hydrogen-bond donors (Lipinski definition) is 2. The van der Waals surface area contributed by atoms with E-state index in [1.54, 1.807) is 0 Å². The zero-order valence-electron chi connectivity index (χ0n) is 19.7. The molecule has 0 aliphatic rings. The molecular formula is C22H39NO8P+. The Hall–Kier alpha value is -1.64. The van der Waals surface area contributed by atoms with Gasteiger partial charge in [0.1, 0.15) is 12.6 Å². The number of carboxylic acids is 1. The topological polar surface area (TPSA) is 112 Å². The second kappa shape index (κ2) is 14.5. The molecule has 0 saturated carbocycles. The number of benzene rings is 1. The van der Waals surface area contributed by atoms with Crippen molar-refractivity contribution in [2.75, 3.05) is 47.5 Å². The fourth-order valence-electron chi connectivity index (χ4n) is 2.95. The number of likely N-dealkylation sites (N-methyl/N-ethyl adjacent to an activating group) is 1. The Labute approximate surface area is 191 Å². The largest absolute Gasteiger partial charge is 0.490 e. The number of rotatable bonds is 18. The van der Waals surface area contributed by atoms with Crippen LogP contribution in [0, 0.1) is 0 Å². The van der Waals surface area contributed by atoms with Gasteiger partial charge in [0.15, 0.2) is 11.5 Å². The molecule has 0 amide bonds. The average Bonchev–Trinajstić information content (AvgIpc) is 2.66. The number of phosphoric acid groups is 1. The molecule has 2 unspecified atom stereocenters. The molecule has 32 heavy (non-hydrogen) atoms. The normalized spacial score (nSPS) is 14.5. The lowest BCUT2D eigenvalue weighted by Crippen LogP contribution is -2.42. The SMILES string of the molecule is CCCCCOc1ccccc1OCCCCOP(=O)(O)OC(CC(=O)O)C[N+](C)(C)C. The minimum absolute atomic E-state index is 0.00350. The van der Waals surface area contributed by atoms with Gasteiger partial charge >= 0.3 is 13.8 Å². The van der Waals surface area contributed by atoms with Crippen LogP contribution in [-0.2, 0) is 18.4 Å². The summed E-state index contributed by atoms with van der Waals surface area (Å²) in [6.07, 6.45) is 3.01. The molecule has 0 aliphatic carbocycles. The fraction of sp³-hybridized carbons (Fsp3) is 0.682. The summed E-state index contributed by atoms with van der Waals surface area (Å²) in [5.41, 5.74) is 0. The molecule has 0 saturated heterocycles. The zero-order valence-corrected chi connectivity index (χ0v) is 20.6. The molecule has 0 bridgehead atoms. The van der Waals surface area contributed by atoms with E-state index in [-0.39, 0.29) is 19.6 Å². The van der Waals surface area contributed by atoms with Gasteiger partial charge in [0.2, 0.25) is 0 Å². The van der Waals surface area contributed by atoms with Crippen molar-refractivity contribution >= 4 is 13.8 Å². The molecule has 0 fully saturated rings. The first-order valence-electron chi connectivity index (χ1n) is 11.0. The van der Waals surface area contributed by atoms with E-state index in [1.165, 1.54) is 0 Å². The van der Waals surface area contributed by atoms with Gasteiger partial charge in [0.05, 0.1) is 47.4 Å². The highest BCUT2D eigenvalue weighted by Gasteiger charge is 2.31. The minimum atomic E-state index is -4.36. The lowest BCUT2D eigenvalue weighted by atomic mass is 10.2. The summed E-state index contributed by atoms with van der Waals surface area (Å²) >= 11 is 0. The first-order valence-corrected chi connectivity index (χ1v) is 12.5. The number of carboxylic acid groups (broad SMARTS) is 1. The van der Waals surface area contributed by atoms with E-state index in [2.05, 4.69) is 6.92 Å². The summed E-state index contributed by atoms with van der Waals surface area (Å²) in [5.74, 6) is 0.267. The molecule has 0 aromatic heterocycles. The van der Waals surface area contributed by atoms with Crippen molar-refractivity contribution in [1.29, 1.82) is 0 Å². The number of nitrogens with zero attached hydrogens (tertiary/aromatic N) is 1. The number of carbonyl (C=O) groups is 1. The van der Waals surface area contributed by atoms with Gasteiger partial charge in [-0.25, -0.2) is 4.57 Å². The monoisotopic (exact) mass is 476 g/mol. The van der Waals surface area contributed by atoms with Crippen LogP contribution in [-0.4, -0.2) is 74.1 Å². The second-order valence-corrected chi connectivity index (χ2v) is 10.1. The molecule has 1 aromatic rings. The summed E-state index contributed by atoms with van der Waals surface area (Å²) in [4.78, 5) is 21.0. The number of unbranched alkanes of at least 4 members (excludes halogenated alkanes) is 3. The molecule has 1 aromatic carbocycles. The van der Waals surface area contributed by atoms with E-state index < -0.39 is 19.9 Å². The highest BCUT2D eigenvalue weighted by molar-refractivity contribution is 7.47. The third-order valence-electron chi connectivity index (χ3n) is 4.34. The number of hydrogen-bond acceptors (Lipinski definition) is 6. The second-order valence-electron chi connectivity index (χ2n) is 8.66. The van der Waals surface area contributed by atoms with Crippen LogP contribution in [0.2, 0.25) is 0 Å². The molecule has 1 rings (SSSR count). The number of aliphatic carboxylic acids is 1. The van der Waals surface area contributed by atoms with Crippen molar-refractivity contribution < 1.29 is 42.4 Å². The molecule has 10 heteroatoms. The minimum Gasteiger partial charge on any atom is -0.490 e. The number of quaternary nitrogens is 1. The highest BCUT2D eigenvalue weighted by atomic mass is 31.2. The Morgan fingerprint density at radius 2 is 1.53 bits per heavy atom. The van der Waals surface area contributed by atoms with Crippen LogP contribution >= 0.6 is 7.82 Å². The maximum absolute atomic E-state index is 12.2. The van der Waals surface area contributed by atoms with Crippen LogP contribution in [0.5, 0.6) is 11.5 Å². The predicted octanol–water partition coefficient (Wildman–Crippen LogP) is 4.10. The van der Waals surface area contributed by atoms with Crippen LogP contribution < -0.4 is 9.47 Å². The molecular weight excluding hydrogens is 437 g/mol. The van der Waals surface area contributed by atoms with Gasteiger partial charge in [-0.3, -0.25) is 13.8 Å². The predicted molar refractivity (Wildman–Crippen MR) is 122 cm³/mol. The lowest BCUT2D eigenvalue weighted by molar-refractivity contribution is -0.873. The van der Waals surface area contributed by atoms with E-state index in [9.17, 15) is 14.3 Å².